The van der Waals surface area contributed by atoms with Gasteiger partial charge in [0.15, 0.2) is 11.5 Å². The van der Waals surface area contributed by atoms with E-state index in [1.165, 1.54) is 0 Å². The number of nitrogen functional groups attached to an aromatic ring is 1. The minimum absolute atomic E-state index is 0.611. The fourth-order valence-electron chi connectivity index (χ4n) is 1.92. The first-order chi connectivity index (χ1) is 8.99. The van der Waals surface area contributed by atoms with Gasteiger partial charge in [0, 0.05) is 18.7 Å². The predicted molar refractivity (Wildman–Crippen MR) is 78.6 cm³/mol. The Labute approximate surface area is 120 Å². The summed E-state index contributed by atoms with van der Waals surface area (Å²) >= 11 is 3.53. The molecule has 0 spiro atoms. The number of benzene rings is 1. The Morgan fingerprint density at radius 2 is 1.95 bits per heavy atom. The Kier molecular flexibility index (Phi) is 3.71. The van der Waals surface area contributed by atoms with Crippen molar-refractivity contribution in [2.45, 2.75) is 6.92 Å². The van der Waals surface area contributed by atoms with E-state index in [0.717, 1.165) is 21.3 Å². The fraction of sp³-hybridized carbons (Fsp3) is 0.308. The van der Waals surface area contributed by atoms with E-state index in [1.807, 2.05) is 26.1 Å². The third-order valence-corrected chi connectivity index (χ3v) is 4.00. The van der Waals surface area contributed by atoms with Crippen molar-refractivity contribution in [3.63, 3.8) is 0 Å². The number of hydrogen-bond acceptors (Lipinski definition) is 4. The zero-order valence-electron chi connectivity index (χ0n) is 11.3. The van der Waals surface area contributed by atoms with Crippen molar-refractivity contribution in [2.24, 2.45) is 7.05 Å². The Balaban J connectivity index is 2.67. The van der Waals surface area contributed by atoms with Crippen LogP contribution in [-0.4, -0.2) is 24.0 Å². The molecular formula is C13H16BrN3O2. The van der Waals surface area contributed by atoms with Crippen LogP contribution in [0.3, 0.4) is 0 Å². The summed E-state index contributed by atoms with van der Waals surface area (Å²) in [4.78, 5) is 0. The molecule has 1 aromatic heterocycles. The molecule has 1 heterocycles. The topological polar surface area (TPSA) is 62.3 Å². The molecule has 0 amide bonds. The van der Waals surface area contributed by atoms with Crippen molar-refractivity contribution in [1.29, 1.82) is 0 Å². The van der Waals surface area contributed by atoms with Crippen molar-refractivity contribution in [2.75, 3.05) is 20.0 Å². The van der Waals surface area contributed by atoms with E-state index in [4.69, 9.17) is 15.2 Å². The molecule has 19 heavy (non-hydrogen) atoms. The van der Waals surface area contributed by atoms with Crippen LogP contribution < -0.4 is 15.2 Å². The molecule has 1 aromatic carbocycles. The molecule has 2 N–H and O–H groups in total. The number of aromatic nitrogens is 2. The van der Waals surface area contributed by atoms with Crippen molar-refractivity contribution >= 4 is 21.7 Å². The average molecular weight is 326 g/mol. The number of aryl methyl sites for hydroxylation is 1. The van der Waals surface area contributed by atoms with Crippen LogP contribution in [0.2, 0.25) is 0 Å². The number of ether oxygens (including phenoxy) is 2. The van der Waals surface area contributed by atoms with Gasteiger partial charge in [0.1, 0.15) is 5.82 Å². The lowest BCUT2D eigenvalue weighted by atomic mass is 10.0. The van der Waals surface area contributed by atoms with Crippen molar-refractivity contribution in [1.82, 2.24) is 9.78 Å². The lowest BCUT2D eigenvalue weighted by Gasteiger charge is -2.14. The second kappa shape index (κ2) is 5.13. The zero-order valence-corrected chi connectivity index (χ0v) is 12.9. The smallest absolute Gasteiger partial charge is 0.175 e. The molecule has 102 valence electrons. The first-order valence-corrected chi connectivity index (χ1v) is 6.49. The van der Waals surface area contributed by atoms with Gasteiger partial charge in [0.05, 0.1) is 24.4 Å². The molecule has 0 aliphatic carbocycles. The van der Waals surface area contributed by atoms with Gasteiger partial charge in [-0.3, -0.25) is 4.68 Å². The normalized spacial score (nSPS) is 10.6. The largest absolute Gasteiger partial charge is 0.493 e. The number of hydrogen-bond donors (Lipinski definition) is 1. The number of rotatable bonds is 3. The quantitative estimate of drug-likeness (QED) is 0.942. The Morgan fingerprint density at radius 1 is 1.26 bits per heavy atom. The predicted octanol–water partition coefficient (Wildman–Crippen LogP) is 2.76. The van der Waals surface area contributed by atoms with E-state index in [-0.39, 0.29) is 0 Å². The maximum Gasteiger partial charge on any atom is 0.175 e. The van der Waals surface area contributed by atoms with E-state index in [1.54, 1.807) is 18.9 Å². The lowest BCUT2D eigenvalue weighted by Crippen LogP contribution is -1.98. The highest BCUT2D eigenvalue weighted by molar-refractivity contribution is 9.10. The van der Waals surface area contributed by atoms with E-state index >= 15 is 0 Å². The van der Waals surface area contributed by atoms with Gasteiger partial charge in [-0.1, -0.05) is 0 Å². The Morgan fingerprint density at radius 3 is 2.42 bits per heavy atom. The number of nitrogens with zero attached hydrogens (tertiary/aromatic N) is 2. The molecule has 6 heteroatoms. The summed E-state index contributed by atoms with van der Waals surface area (Å²) in [6, 6.07) is 3.74. The monoisotopic (exact) mass is 325 g/mol. The minimum Gasteiger partial charge on any atom is -0.493 e. The summed E-state index contributed by atoms with van der Waals surface area (Å²) in [5.74, 6) is 1.94. The molecule has 2 aromatic rings. The fourth-order valence-corrected chi connectivity index (χ4v) is 2.49. The van der Waals surface area contributed by atoms with E-state index in [2.05, 4.69) is 21.0 Å². The number of methoxy groups -OCH3 is 2. The van der Waals surface area contributed by atoms with Gasteiger partial charge >= 0.3 is 0 Å². The molecule has 0 aliphatic heterocycles. The molecule has 0 unspecified atom stereocenters. The SMILES string of the molecule is COc1cc(-c2cc(N)n(C)n2)c(C)c(Br)c1OC. The number of nitrogens with two attached hydrogens (primary N) is 1. The molecule has 0 bridgehead atoms. The van der Waals surface area contributed by atoms with Crippen molar-refractivity contribution in [3.05, 3.63) is 22.2 Å². The van der Waals surface area contributed by atoms with Crippen molar-refractivity contribution in [3.8, 4) is 22.8 Å². The molecule has 0 saturated carbocycles. The first kappa shape index (κ1) is 13.7. The highest BCUT2D eigenvalue weighted by Crippen LogP contribution is 2.42. The van der Waals surface area contributed by atoms with Crippen LogP contribution in [0, 0.1) is 6.92 Å². The molecule has 0 atom stereocenters. The summed E-state index contributed by atoms with van der Waals surface area (Å²) in [7, 11) is 5.03. The number of halogens is 1. The maximum atomic E-state index is 5.83. The van der Waals surface area contributed by atoms with Gasteiger partial charge in [-0.05, 0) is 34.5 Å². The van der Waals surface area contributed by atoms with E-state index in [0.29, 0.717) is 17.3 Å². The van der Waals surface area contributed by atoms with Crippen LogP contribution in [-0.2, 0) is 7.05 Å². The molecule has 0 fully saturated rings. The minimum atomic E-state index is 0.611. The third kappa shape index (κ3) is 2.28. The third-order valence-electron chi connectivity index (χ3n) is 3.05. The second-order valence-corrected chi connectivity index (χ2v) is 4.97. The number of anilines is 1. The summed E-state index contributed by atoms with van der Waals surface area (Å²) < 4.78 is 13.2. The summed E-state index contributed by atoms with van der Waals surface area (Å²) in [5.41, 5.74) is 8.61. The van der Waals surface area contributed by atoms with Gasteiger partial charge < -0.3 is 15.2 Å². The molecule has 2 rings (SSSR count). The molecule has 5 nitrogen and oxygen atoms in total. The second-order valence-electron chi connectivity index (χ2n) is 4.18. The van der Waals surface area contributed by atoms with Gasteiger partial charge in [0.2, 0.25) is 0 Å². The highest BCUT2D eigenvalue weighted by atomic mass is 79.9. The Bertz CT molecular complexity index is 603. The van der Waals surface area contributed by atoms with Gasteiger partial charge in [0.25, 0.3) is 0 Å². The van der Waals surface area contributed by atoms with Gasteiger partial charge in [-0.15, -0.1) is 0 Å². The molecule has 0 aliphatic rings. The molecular weight excluding hydrogens is 310 g/mol. The summed E-state index contributed by atoms with van der Waals surface area (Å²) in [6.45, 7) is 1.99. The van der Waals surface area contributed by atoms with E-state index < -0.39 is 0 Å². The summed E-state index contributed by atoms with van der Waals surface area (Å²) in [5, 5.41) is 4.39. The van der Waals surface area contributed by atoms with Gasteiger partial charge in [-0.2, -0.15) is 5.10 Å². The average Bonchev–Trinajstić information content (AvgIpc) is 2.72. The van der Waals surface area contributed by atoms with Crippen LogP contribution in [0.25, 0.3) is 11.3 Å². The Hall–Kier alpha value is -1.69. The standard InChI is InChI=1S/C13H16BrN3O2/c1-7-8(9-6-11(15)17(2)16-9)5-10(18-3)13(19-4)12(7)14/h5-6H,15H2,1-4H3. The van der Waals surface area contributed by atoms with Crippen LogP contribution in [0.1, 0.15) is 5.56 Å². The highest BCUT2D eigenvalue weighted by Gasteiger charge is 2.18. The van der Waals surface area contributed by atoms with Crippen LogP contribution in [0.4, 0.5) is 5.82 Å². The lowest BCUT2D eigenvalue weighted by molar-refractivity contribution is 0.353. The van der Waals surface area contributed by atoms with Crippen LogP contribution in [0.5, 0.6) is 11.5 Å². The zero-order chi connectivity index (χ0) is 14.2. The first-order valence-electron chi connectivity index (χ1n) is 5.70. The van der Waals surface area contributed by atoms with Crippen LogP contribution >= 0.6 is 15.9 Å². The summed E-state index contributed by atoms with van der Waals surface area (Å²) in [6.07, 6.45) is 0. The van der Waals surface area contributed by atoms with Crippen molar-refractivity contribution < 1.29 is 9.47 Å². The van der Waals surface area contributed by atoms with Gasteiger partial charge in [-0.25, -0.2) is 0 Å². The van der Waals surface area contributed by atoms with Crippen LogP contribution in [0.15, 0.2) is 16.6 Å². The van der Waals surface area contributed by atoms with E-state index in [9.17, 15) is 0 Å². The molecule has 0 saturated heterocycles. The molecule has 0 radical (unpaired) electrons. The maximum absolute atomic E-state index is 5.83.